The first-order chi connectivity index (χ1) is 17.4. The van der Waals surface area contributed by atoms with E-state index in [1.165, 1.54) is 32.6 Å². The molecular formula is C30H40O4P2. The molecule has 0 radical (unpaired) electrons. The van der Waals surface area contributed by atoms with E-state index < -0.39 is 14.3 Å². The average Bonchev–Trinajstić information content (AvgIpc) is 3.68. The van der Waals surface area contributed by atoms with Crippen LogP contribution >= 0.6 is 14.3 Å². The van der Waals surface area contributed by atoms with E-state index in [9.17, 15) is 9.36 Å². The lowest BCUT2D eigenvalue weighted by Gasteiger charge is -2.35. The summed E-state index contributed by atoms with van der Waals surface area (Å²) >= 11 is 0. The van der Waals surface area contributed by atoms with Gasteiger partial charge in [0.1, 0.15) is 13.2 Å². The van der Waals surface area contributed by atoms with Crippen molar-refractivity contribution in [3.8, 4) is 0 Å². The average molecular weight is 527 g/mol. The molecule has 0 unspecified atom stereocenters. The highest BCUT2D eigenvalue weighted by molar-refractivity contribution is 7.78. The predicted octanol–water partition coefficient (Wildman–Crippen LogP) is 6.96. The van der Waals surface area contributed by atoms with E-state index in [1.54, 1.807) is 0 Å². The van der Waals surface area contributed by atoms with Crippen LogP contribution in [-0.2, 0) is 18.7 Å². The van der Waals surface area contributed by atoms with Crippen LogP contribution in [-0.4, -0.2) is 35.2 Å². The standard InChI is InChI=1S/C30H40O4P2/c1-23(31)34-30-21-29(36(33,27-16-8-9-17-27)28-18-10-11-19-28)20-24(30)22-35(32,25-12-4-2-5-13-25)26-14-6-3-7-15-26/h2-7,12-15,24,27-30H,8-11,16-22H2,1H3/t24-,29-,30+/m0/s1. The fourth-order valence-corrected chi connectivity index (χ4v) is 15.8. The summed E-state index contributed by atoms with van der Waals surface area (Å²) in [6.45, 7) is 1.46. The highest BCUT2D eigenvalue weighted by Crippen LogP contribution is 2.70. The molecule has 0 heterocycles. The van der Waals surface area contributed by atoms with Gasteiger partial charge in [-0.05, 0) is 38.5 Å². The van der Waals surface area contributed by atoms with Gasteiger partial charge in [-0.25, -0.2) is 0 Å². The van der Waals surface area contributed by atoms with Crippen LogP contribution < -0.4 is 10.6 Å². The van der Waals surface area contributed by atoms with Crippen molar-refractivity contribution in [3.63, 3.8) is 0 Å². The molecule has 0 aliphatic heterocycles. The molecule has 36 heavy (non-hydrogen) atoms. The third-order valence-electron chi connectivity index (χ3n) is 9.12. The smallest absolute Gasteiger partial charge is 0.302 e. The van der Waals surface area contributed by atoms with Crippen LogP contribution in [0.25, 0.3) is 0 Å². The summed E-state index contributed by atoms with van der Waals surface area (Å²) in [5.41, 5.74) is 0.743. The van der Waals surface area contributed by atoms with E-state index >= 15 is 4.57 Å². The summed E-state index contributed by atoms with van der Waals surface area (Å²) < 4.78 is 35.9. The van der Waals surface area contributed by atoms with Crippen LogP contribution in [0.1, 0.15) is 71.1 Å². The van der Waals surface area contributed by atoms with Crippen molar-refractivity contribution in [2.24, 2.45) is 5.92 Å². The van der Waals surface area contributed by atoms with Gasteiger partial charge in [-0.3, -0.25) is 4.79 Å². The predicted molar refractivity (Wildman–Crippen MR) is 149 cm³/mol. The highest BCUT2D eigenvalue weighted by Gasteiger charge is 2.53. The van der Waals surface area contributed by atoms with E-state index in [0.29, 0.717) is 23.9 Å². The maximum absolute atomic E-state index is 15.1. The molecule has 0 amide bonds. The number of ether oxygens (including phenoxy) is 1. The summed E-state index contributed by atoms with van der Waals surface area (Å²) in [4.78, 5) is 12.2. The second-order valence-electron chi connectivity index (χ2n) is 11.3. The Balaban J connectivity index is 1.49. The molecule has 6 heteroatoms. The Labute approximate surface area is 216 Å². The second kappa shape index (κ2) is 11.0. The van der Waals surface area contributed by atoms with Crippen molar-refractivity contribution in [1.29, 1.82) is 0 Å². The first-order valence-corrected chi connectivity index (χ1v) is 17.7. The molecule has 3 saturated carbocycles. The van der Waals surface area contributed by atoms with Crippen LogP contribution in [0, 0.1) is 5.92 Å². The lowest BCUT2D eigenvalue weighted by Crippen LogP contribution is -2.28. The normalized spacial score (nSPS) is 25.9. The first-order valence-electron chi connectivity index (χ1n) is 13.9. The number of hydrogen-bond acceptors (Lipinski definition) is 4. The summed E-state index contributed by atoms with van der Waals surface area (Å²) in [6, 6.07) is 19.5. The Morgan fingerprint density at radius 2 is 1.22 bits per heavy atom. The van der Waals surface area contributed by atoms with Crippen molar-refractivity contribution in [2.75, 3.05) is 6.16 Å². The van der Waals surface area contributed by atoms with Gasteiger partial charge in [0.25, 0.3) is 0 Å². The summed E-state index contributed by atoms with van der Waals surface area (Å²) in [5.74, 6) is -0.349. The number of carbonyl (C=O) groups excluding carboxylic acids is 1. The molecule has 5 rings (SSSR count). The molecule has 3 aliphatic carbocycles. The Morgan fingerprint density at radius 3 is 1.67 bits per heavy atom. The zero-order valence-electron chi connectivity index (χ0n) is 21.5. The number of benzene rings is 2. The summed E-state index contributed by atoms with van der Waals surface area (Å²) in [7, 11) is -5.44. The zero-order valence-corrected chi connectivity index (χ0v) is 23.3. The van der Waals surface area contributed by atoms with E-state index in [0.717, 1.165) is 42.7 Å². The van der Waals surface area contributed by atoms with E-state index in [2.05, 4.69) is 0 Å². The van der Waals surface area contributed by atoms with Gasteiger partial charge >= 0.3 is 5.97 Å². The van der Waals surface area contributed by atoms with Crippen molar-refractivity contribution in [1.82, 2.24) is 0 Å². The molecule has 2 aromatic rings. The lowest BCUT2D eigenvalue weighted by molar-refractivity contribution is -0.147. The number of esters is 1. The number of rotatable bonds is 8. The molecule has 4 nitrogen and oxygen atoms in total. The molecule has 194 valence electrons. The fraction of sp³-hybridized carbons (Fsp3) is 0.567. The van der Waals surface area contributed by atoms with Crippen LogP contribution in [0.3, 0.4) is 0 Å². The van der Waals surface area contributed by atoms with E-state index in [1.807, 2.05) is 60.7 Å². The quantitative estimate of drug-likeness (QED) is 0.276. The largest absolute Gasteiger partial charge is 0.462 e. The second-order valence-corrected chi connectivity index (χ2v) is 17.9. The Bertz CT molecular complexity index is 1060. The molecule has 3 fully saturated rings. The molecule has 0 aromatic heterocycles. The fourth-order valence-electron chi connectivity index (χ4n) is 7.47. The van der Waals surface area contributed by atoms with E-state index in [-0.39, 0.29) is 23.7 Å². The van der Waals surface area contributed by atoms with Crippen molar-refractivity contribution in [2.45, 2.75) is 94.2 Å². The van der Waals surface area contributed by atoms with E-state index in [4.69, 9.17) is 4.74 Å². The maximum Gasteiger partial charge on any atom is 0.302 e. The van der Waals surface area contributed by atoms with Gasteiger partial charge in [-0.1, -0.05) is 86.3 Å². The van der Waals surface area contributed by atoms with Crippen molar-refractivity contribution < 1.29 is 18.7 Å². The Kier molecular flexibility index (Phi) is 7.95. The van der Waals surface area contributed by atoms with Gasteiger partial charge < -0.3 is 13.9 Å². The molecular weight excluding hydrogens is 486 g/mol. The first kappa shape index (κ1) is 26.0. The summed E-state index contributed by atoms with van der Waals surface area (Å²) in [5, 5.41) is 1.69. The van der Waals surface area contributed by atoms with Gasteiger partial charge in [-0.2, -0.15) is 0 Å². The Morgan fingerprint density at radius 1 is 0.750 bits per heavy atom. The SMILES string of the molecule is CC(=O)O[C@@H]1C[C@@H](P(=O)(C2CCCC2)C2CCCC2)C[C@H]1CP(=O)(c1ccccc1)c1ccccc1. The maximum atomic E-state index is 15.1. The van der Waals surface area contributed by atoms with Gasteiger partial charge in [0.15, 0.2) is 0 Å². The monoisotopic (exact) mass is 526 g/mol. The molecule has 0 N–H and O–H groups in total. The van der Waals surface area contributed by atoms with Crippen LogP contribution in [0.4, 0.5) is 0 Å². The third kappa shape index (κ3) is 5.06. The lowest BCUT2D eigenvalue weighted by atomic mass is 10.1. The van der Waals surface area contributed by atoms with Crippen molar-refractivity contribution in [3.05, 3.63) is 60.7 Å². The minimum atomic E-state index is -2.96. The molecule has 2 aromatic carbocycles. The van der Waals surface area contributed by atoms with Crippen LogP contribution in [0.5, 0.6) is 0 Å². The van der Waals surface area contributed by atoms with Crippen LogP contribution in [0.2, 0.25) is 0 Å². The van der Waals surface area contributed by atoms with Gasteiger partial charge in [0.2, 0.25) is 0 Å². The third-order valence-corrected chi connectivity index (χ3v) is 17.2. The van der Waals surface area contributed by atoms with Crippen LogP contribution in [0.15, 0.2) is 60.7 Å². The summed E-state index contributed by atoms with van der Waals surface area (Å²) in [6.07, 6.45) is 10.6. The minimum absolute atomic E-state index is 0.0544. The minimum Gasteiger partial charge on any atom is -0.462 e. The molecule has 0 saturated heterocycles. The molecule has 0 bridgehead atoms. The molecule has 0 spiro atoms. The molecule has 3 aliphatic rings. The zero-order chi connectivity index (χ0) is 25.2. The Hall–Kier alpha value is -1.63. The number of hydrogen-bond donors (Lipinski definition) is 0. The van der Waals surface area contributed by atoms with Gasteiger partial charge in [0, 0.05) is 46.6 Å². The topological polar surface area (TPSA) is 60.4 Å². The molecule has 3 atom stereocenters. The van der Waals surface area contributed by atoms with Gasteiger partial charge in [0.05, 0.1) is 7.14 Å². The van der Waals surface area contributed by atoms with Crippen molar-refractivity contribution >= 4 is 30.9 Å². The number of carbonyl (C=O) groups is 1. The van der Waals surface area contributed by atoms with Gasteiger partial charge in [-0.15, -0.1) is 0 Å². The highest BCUT2D eigenvalue weighted by atomic mass is 31.2.